The Labute approximate surface area is 81.2 Å². The molecule has 0 amide bonds. The van der Waals surface area contributed by atoms with Crippen LogP contribution in [0.3, 0.4) is 0 Å². The molecule has 0 spiro atoms. The Hall–Kier alpha value is -1.04. The summed E-state index contributed by atoms with van der Waals surface area (Å²) in [7, 11) is 1.10. The van der Waals surface area contributed by atoms with Gasteiger partial charge in [-0.25, -0.2) is 4.39 Å². The van der Waals surface area contributed by atoms with Gasteiger partial charge in [-0.3, -0.25) is 0 Å². The molecule has 3 nitrogen and oxygen atoms in total. The normalized spacial score (nSPS) is 10.2. The van der Waals surface area contributed by atoms with Gasteiger partial charge in [-0.15, -0.1) is 0 Å². The van der Waals surface area contributed by atoms with Gasteiger partial charge in [-0.1, -0.05) is 0 Å². The average molecular weight is 254 g/mol. The first-order valence-electron chi connectivity index (χ1n) is 3.19. The number of phenolic OH excluding ortho intramolecular Hbond substituents is 1. The number of benzene rings is 1. The number of hydrogen-bond acceptors (Lipinski definition) is 3. The standard InChI is InChI=1S/C7H6BrF2NO2/c1-13-7-4(10)3(9)2(8)5(11)6(7)12/h12H,11H2,1H3. The van der Waals surface area contributed by atoms with Crippen LogP contribution in [0.5, 0.6) is 11.5 Å². The van der Waals surface area contributed by atoms with Crippen LogP contribution in [0, 0.1) is 11.6 Å². The number of halogens is 3. The SMILES string of the molecule is COc1c(O)c(N)c(Br)c(F)c1F. The van der Waals surface area contributed by atoms with E-state index in [9.17, 15) is 13.9 Å². The van der Waals surface area contributed by atoms with Crippen LogP contribution in [-0.2, 0) is 0 Å². The minimum atomic E-state index is -1.28. The van der Waals surface area contributed by atoms with E-state index < -0.39 is 23.1 Å². The molecule has 0 unspecified atom stereocenters. The summed E-state index contributed by atoms with van der Waals surface area (Å²) in [6.45, 7) is 0. The fourth-order valence-electron chi connectivity index (χ4n) is 0.831. The van der Waals surface area contributed by atoms with Gasteiger partial charge in [0.15, 0.2) is 11.6 Å². The van der Waals surface area contributed by atoms with Gasteiger partial charge in [-0.05, 0) is 15.9 Å². The summed E-state index contributed by atoms with van der Waals surface area (Å²) in [4.78, 5) is 0. The van der Waals surface area contributed by atoms with E-state index in [0.29, 0.717) is 0 Å². The Bertz CT molecular complexity index is 328. The van der Waals surface area contributed by atoms with Gasteiger partial charge in [0.05, 0.1) is 17.3 Å². The Morgan fingerprint density at radius 1 is 1.38 bits per heavy atom. The van der Waals surface area contributed by atoms with E-state index >= 15 is 0 Å². The molecule has 6 heteroatoms. The highest BCUT2D eigenvalue weighted by molar-refractivity contribution is 9.10. The summed E-state index contributed by atoms with van der Waals surface area (Å²) >= 11 is 2.69. The third-order valence-electron chi connectivity index (χ3n) is 1.50. The molecule has 0 atom stereocenters. The number of nitrogen functional groups attached to an aromatic ring is 1. The van der Waals surface area contributed by atoms with Crippen LogP contribution in [0.1, 0.15) is 0 Å². The Morgan fingerprint density at radius 3 is 2.38 bits per heavy atom. The monoisotopic (exact) mass is 253 g/mol. The van der Waals surface area contributed by atoms with E-state index in [2.05, 4.69) is 20.7 Å². The van der Waals surface area contributed by atoms with Gasteiger partial charge < -0.3 is 15.6 Å². The van der Waals surface area contributed by atoms with Crippen LogP contribution in [0.25, 0.3) is 0 Å². The summed E-state index contributed by atoms with van der Waals surface area (Å²) in [5.74, 6) is -3.68. The fourth-order valence-corrected chi connectivity index (χ4v) is 1.19. The zero-order chi connectivity index (χ0) is 10.2. The van der Waals surface area contributed by atoms with Gasteiger partial charge in [0, 0.05) is 0 Å². The molecule has 0 heterocycles. The molecule has 13 heavy (non-hydrogen) atoms. The van der Waals surface area contributed by atoms with Crippen molar-refractivity contribution in [2.45, 2.75) is 0 Å². The molecule has 3 N–H and O–H groups in total. The largest absolute Gasteiger partial charge is 0.503 e. The minimum absolute atomic E-state index is 0.296. The van der Waals surface area contributed by atoms with Gasteiger partial charge >= 0.3 is 0 Å². The van der Waals surface area contributed by atoms with Crippen molar-refractivity contribution in [2.24, 2.45) is 0 Å². The Kier molecular flexibility index (Phi) is 2.60. The maximum absolute atomic E-state index is 13.0. The topological polar surface area (TPSA) is 55.5 Å². The zero-order valence-electron chi connectivity index (χ0n) is 6.57. The van der Waals surface area contributed by atoms with E-state index in [4.69, 9.17) is 5.73 Å². The molecule has 0 aliphatic carbocycles. The number of nitrogens with two attached hydrogens (primary N) is 1. The van der Waals surface area contributed by atoms with Gasteiger partial charge in [0.2, 0.25) is 11.6 Å². The summed E-state index contributed by atoms with van der Waals surface area (Å²) in [6, 6.07) is 0. The zero-order valence-corrected chi connectivity index (χ0v) is 8.15. The molecule has 1 aromatic rings. The summed E-state index contributed by atoms with van der Waals surface area (Å²) in [5.41, 5.74) is 4.95. The molecular formula is C7H6BrF2NO2. The molecule has 0 radical (unpaired) electrons. The quantitative estimate of drug-likeness (QED) is 0.458. The maximum atomic E-state index is 13.0. The second-order valence-electron chi connectivity index (χ2n) is 2.24. The molecule has 0 aromatic heterocycles. The predicted molar refractivity (Wildman–Crippen MR) is 46.7 cm³/mol. The third kappa shape index (κ3) is 1.41. The van der Waals surface area contributed by atoms with Crippen LogP contribution in [0.15, 0.2) is 4.47 Å². The summed E-state index contributed by atoms with van der Waals surface area (Å²) < 4.78 is 30.0. The van der Waals surface area contributed by atoms with Gasteiger partial charge in [0.1, 0.15) is 0 Å². The molecule has 1 rings (SSSR count). The van der Waals surface area contributed by atoms with Crippen molar-refractivity contribution in [1.29, 1.82) is 0 Å². The first kappa shape index (κ1) is 10.0. The molecule has 1 aromatic carbocycles. The highest BCUT2D eigenvalue weighted by atomic mass is 79.9. The Balaban J connectivity index is 3.56. The van der Waals surface area contributed by atoms with Crippen molar-refractivity contribution < 1.29 is 18.6 Å². The second-order valence-corrected chi connectivity index (χ2v) is 3.03. The number of phenols is 1. The highest BCUT2D eigenvalue weighted by Crippen LogP contribution is 2.41. The smallest absolute Gasteiger partial charge is 0.205 e. The van der Waals surface area contributed by atoms with E-state index in [1.807, 2.05) is 0 Å². The van der Waals surface area contributed by atoms with Crippen molar-refractivity contribution in [3.05, 3.63) is 16.1 Å². The van der Waals surface area contributed by atoms with Crippen molar-refractivity contribution >= 4 is 21.6 Å². The summed E-state index contributed by atoms with van der Waals surface area (Å²) in [6.07, 6.45) is 0. The van der Waals surface area contributed by atoms with Crippen molar-refractivity contribution in [3.8, 4) is 11.5 Å². The molecule has 0 bridgehead atoms. The van der Waals surface area contributed by atoms with Crippen LogP contribution in [0.4, 0.5) is 14.5 Å². The van der Waals surface area contributed by atoms with Crippen LogP contribution in [-0.4, -0.2) is 12.2 Å². The fraction of sp³-hybridized carbons (Fsp3) is 0.143. The second kappa shape index (κ2) is 3.37. The molecule has 0 fully saturated rings. The first-order valence-corrected chi connectivity index (χ1v) is 3.98. The molecule has 0 saturated carbocycles. The van der Waals surface area contributed by atoms with E-state index in [-0.39, 0.29) is 10.2 Å². The lowest BCUT2D eigenvalue weighted by atomic mass is 10.2. The van der Waals surface area contributed by atoms with Crippen molar-refractivity contribution in [3.63, 3.8) is 0 Å². The van der Waals surface area contributed by atoms with Crippen LogP contribution in [0.2, 0.25) is 0 Å². The number of anilines is 1. The van der Waals surface area contributed by atoms with E-state index in [1.165, 1.54) is 0 Å². The molecule has 72 valence electrons. The maximum Gasteiger partial charge on any atom is 0.205 e. The van der Waals surface area contributed by atoms with E-state index in [1.54, 1.807) is 0 Å². The first-order chi connectivity index (χ1) is 6.00. The van der Waals surface area contributed by atoms with Gasteiger partial charge in [0.25, 0.3) is 0 Å². The van der Waals surface area contributed by atoms with Gasteiger partial charge in [-0.2, -0.15) is 4.39 Å². The number of methoxy groups -OCH3 is 1. The van der Waals surface area contributed by atoms with Crippen LogP contribution < -0.4 is 10.5 Å². The number of rotatable bonds is 1. The van der Waals surface area contributed by atoms with Crippen LogP contribution >= 0.6 is 15.9 Å². The highest BCUT2D eigenvalue weighted by Gasteiger charge is 2.21. The van der Waals surface area contributed by atoms with Crippen molar-refractivity contribution in [2.75, 3.05) is 12.8 Å². The molecule has 0 saturated heterocycles. The molecule has 0 aliphatic heterocycles. The minimum Gasteiger partial charge on any atom is -0.503 e. The van der Waals surface area contributed by atoms with Crippen molar-refractivity contribution in [1.82, 2.24) is 0 Å². The van der Waals surface area contributed by atoms with E-state index in [0.717, 1.165) is 7.11 Å². The Morgan fingerprint density at radius 2 is 1.92 bits per heavy atom. The lowest BCUT2D eigenvalue weighted by Gasteiger charge is -2.09. The lowest BCUT2D eigenvalue weighted by Crippen LogP contribution is -1.99. The summed E-state index contributed by atoms with van der Waals surface area (Å²) in [5, 5.41) is 9.20. The molecule has 0 aliphatic rings. The number of hydrogen-bond donors (Lipinski definition) is 2. The predicted octanol–water partition coefficient (Wildman–Crippen LogP) is 2.02. The number of aromatic hydroxyl groups is 1. The third-order valence-corrected chi connectivity index (χ3v) is 2.27. The lowest BCUT2D eigenvalue weighted by molar-refractivity contribution is 0.340. The number of ether oxygens (including phenoxy) is 1. The molecular weight excluding hydrogens is 248 g/mol. The average Bonchev–Trinajstić information content (AvgIpc) is 2.13.